The van der Waals surface area contributed by atoms with E-state index < -0.39 is 37.3 Å². The van der Waals surface area contributed by atoms with E-state index >= 15 is 0 Å². The van der Waals surface area contributed by atoms with Crippen molar-refractivity contribution in [3.63, 3.8) is 0 Å². The van der Waals surface area contributed by atoms with Gasteiger partial charge in [0.25, 0.3) is 0 Å². The molecule has 2 unspecified atom stereocenters. The lowest BCUT2D eigenvalue weighted by atomic mass is 10.1. The number of hydrogen-bond donors (Lipinski definition) is 5. The molecule has 1 fully saturated rings. The highest BCUT2D eigenvalue weighted by Crippen LogP contribution is 2.28. The minimum absolute atomic E-state index is 0.527. The zero-order valence-corrected chi connectivity index (χ0v) is 6.29. The second-order valence-electron chi connectivity index (χ2n) is 2.78. The first-order valence-corrected chi connectivity index (χ1v) is 3.53. The van der Waals surface area contributed by atoms with Gasteiger partial charge in [0.1, 0.15) is 18.3 Å². The maximum Gasteiger partial charge on any atom is 0.219 e. The fraction of sp³-hybridized carbons (Fsp3) is 1.00. The third-order valence-electron chi connectivity index (χ3n) is 1.93. The zero-order chi connectivity index (χ0) is 9.35. The first-order chi connectivity index (χ1) is 5.55. The van der Waals surface area contributed by atoms with Crippen molar-refractivity contribution in [2.45, 2.75) is 24.1 Å². The van der Waals surface area contributed by atoms with E-state index in [1.807, 2.05) is 0 Å². The Morgan fingerprint density at radius 3 is 2.08 bits per heavy atom. The number of aliphatic hydroxyl groups excluding tert-OH is 4. The standard InChI is InChI=1S/C6H12O6/c7-1-3-4(9)5(10)6(11,2-8)12-3/h3-5,7-11H,1-2H2/t3-,4?,5?,6-/m1/s1. The number of ether oxygens (including phenoxy) is 1. The van der Waals surface area contributed by atoms with Crippen LogP contribution in [0.25, 0.3) is 0 Å². The van der Waals surface area contributed by atoms with Gasteiger partial charge in [-0.1, -0.05) is 0 Å². The zero-order valence-electron chi connectivity index (χ0n) is 6.29. The molecule has 1 aliphatic rings. The molecule has 0 saturated carbocycles. The van der Waals surface area contributed by atoms with Gasteiger partial charge in [-0.2, -0.15) is 0 Å². The maximum atomic E-state index is 9.25. The first-order valence-electron chi connectivity index (χ1n) is 3.53. The molecule has 0 aliphatic carbocycles. The number of rotatable bonds is 2. The monoisotopic (exact) mass is 180 g/mol. The Labute approximate surface area is 68.6 Å². The summed E-state index contributed by atoms with van der Waals surface area (Å²) in [6, 6.07) is 0. The molecule has 12 heavy (non-hydrogen) atoms. The summed E-state index contributed by atoms with van der Waals surface area (Å²) < 4.78 is 4.63. The van der Waals surface area contributed by atoms with Crippen LogP contribution in [0.4, 0.5) is 0 Å². The maximum absolute atomic E-state index is 9.25. The molecular formula is C6H12O6. The third-order valence-corrected chi connectivity index (χ3v) is 1.93. The molecule has 1 saturated heterocycles. The molecule has 0 radical (unpaired) electrons. The molecule has 0 aromatic rings. The normalized spacial score (nSPS) is 48.2. The lowest BCUT2D eigenvalue weighted by Crippen LogP contribution is -2.46. The minimum atomic E-state index is -2.16. The van der Waals surface area contributed by atoms with Crippen LogP contribution in [0.3, 0.4) is 0 Å². The van der Waals surface area contributed by atoms with Crippen LogP contribution in [0, 0.1) is 0 Å². The summed E-state index contributed by atoms with van der Waals surface area (Å²) in [5.74, 6) is -2.16. The molecule has 72 valence electrons. The van der Waals surface area contributed by atoms with Crippen molar-refractivity contribution >= 4 is 0 Å². The summed E-state index contributed by atoms with van der Waals surface area (Å²) in [6.07, 6.45) is -4.04. The molecule has 1 rings (SSSR count). The van der Waals surface area contributed by atoms with Gasteiger partial charge in [-0.15, -0.1) is 0 Å². The van der Waals surface area contributed by atoms with E-state index in [0.29, 0.717) is 0 Å². The molecule has 0 spiro atoms. The molecule has 0 aromatic carbocycles. The fourth-order valence-electron chi connectivity index (χ4n) is 1.15. The smallest absolute Gasteiger partial charge is 0.219 e. The quantitative estimate of drug-likeness (QED) is 0.306. The highest BCUT2D eigenvalue weighted by Gasteiger charge is 2.52. The van der Waals surface area contributed by atoms with Gasteiger partial charge in [0.15, 0.2) is 0 Å². The molecule has 1 heterocycles. The Bertz CT molecular complexity index is 162. The molecule has 0 amide bonds. The molecule has 5 N–H and O–H groups in total. The van der Waals surface area contributed by atoms with Gasteiger partial charge in [0.05, 0.1) is 13.2 Å². The van der Waals surface area contributed by atoms with Gasteiger partial charge in [-0.25, -0.2) is 0 Å². The van der Waals surface area contributed by atoms with E-state index in [9.17, 15) is 5.11 Å². The van der Waals surface area contributed by atoms with E-state index in [1.54, 1.807) is 0 Å². The van der Waals surface area contributed by atoms with E-state index in [2.05, 4.69) is 4.74 Å². The van der Waals surface area contributed by atoms with Gasteiger partial charge < -0.3 is 30.3 Å². The summed E-state index contributed by atoms with van der Waals surface area (Å²) in [6.45, 7) is -1.36. The van der Waals surface area contributed by atoms with Crippen molar-refractivity contribution in [1.29, 1.82) is 0 Å². The first kappa shape index (κ1) is 9.85. The molecule has 0 bridgehead atoms. The average molecular weight is 180 g/mol. The molecule has 6 heteroatoms. The van der Waals surface area contributed by atoms with Crippen molar-refractivity contribution in [3.05, 3.63) is 0 Å². The van der Waals surface area contributed by atoms with Crippen LogP contribution in [0.15, 0.2) is 0 Å². The van der Waals surface area contributed by atoms with Crippen LogP contribution in [0.1, 0.15) is 0 Å². The Morgan fingerprint density at radius 2 is 1.83 bits per heavy atom. The van der Waals surface area contributed by atoms with E-state index in [4.69, 9.17) is 20.4 Å². The topological polar surface area (TPSA) is 110 Å². The van der Waals surface area contributed by atoms with Crippen molar-refractivity contribution in [3.8, 4) is 0 Å². The Morgan fingerprint density at radius 1 is 1.25 bits per heavy atom. The highest BCUT2D eigenvalue weighted by atomic mass is 16.7. The van der Waals surface area contributed by atoms with Crippen LogP contribution in [0.2, 0.25) is 0 Å². The van der Waals surface area contributed by atoms with Crippen LogP contribution < -0.4 is 0 Å². The SMILES string of the molecule is OC[C@H]1O[C@](O)(CO)C(O)C1O. The minimum Gasteiger partial charge on any atom is -0.394 e. The summed E-state index contributed by atoms with van der Waals surface area (Å²) in [4.78, 5) is 0. The van der Waals surface area contributed by atoms with Gasteiger partial charge in [0, 0.05) is 0 Å². The second-order valence-corrected chi connectivity index (χ2v) is 2.78. The van der Waals surface area contributed by atoms with Gasteiger partial charge in [0.2, 0.25) is 5.79 Å². The van der Waals surface area contributed by atoms with Crippen molar-refractivity contribution < 1.29 is 30.3 Å². The lowest BCUT2D eigenvalue weighted by molar-refractivity contribution is -0.248. The number of hydrogen-bond acceptors (Lipinski definition) is 6. The van der Waals surface area contributed by atoms with Crippen LogP contribution in [-0.2, 0) is 4.74 Å². The predicted octanol–water partition coefficient (Wildman–Crippen LogP) is -3.22. The molecule has 0 aromatic heterocycles. The second kappa shape index (κ2) is 3.25. The highest BCUT2D eigenvalue weighted by molar-refractivity contribution is 4.94. The van der Waals surface area contributed by atoms with Gasteiger partial charge >= 0.3 is 0 Å². The Kier molecular flexibility index (Phi) is 2.67. The third kappa shape index (κ3) is 1.33. The Balaban J connectivity index is 2.72. The van der Waals surface area contributed by atoms with E-state index in [-0.39, 0.29) is 0 Å². The summed E-state index contributed by atoms with van der Waals surface area (Å²) in [7, 11) is 0. The van der Waals surface area contributed by atoms with Crippen molar-refractivity contribution in [2.75, 3.05) is 13.2 Å². The lowest BCUT2D eigenvalue weighted by Gasteiger charge is -2.22. The van der Waals surface area contributed by atoms with Crippen LogP contribution >= 0.6 is 0 Å². The summed E-state index contributed by atoms with van der Waals surface area (Å²) >= 11 is 0. The van der Waals surface area contributed by atoms with Gasteiger partial charge in [-0.05, 0) is 0 Å². The van der Waals surface area contributed by atoms with E-state index in [1.165, 1.54) is 0 Å². The molecule has 1 aliphatic heterocycles. The van der Waals surface area contributed by atoms with Crippen LogP contribution in [0.5, 0.6) is 0 Å². The van der Waals surface area contributed by atoms with Gasteiger partial charge in [-0.3, -0.25) is 0 Å². The fourth-order valence-corrected chi connectivity index (χ4v) is 1.15. The summed E-state index contributed by atoms with van der Waals surface area (Å²) in [5, 5.41) is 44.7. The predicted molar refractivity (Wildman–Crippen MR) is 36.0 cm³/mol. The van der Waals surface area contributed by atoms with Crippen LogP contribution in [-0.4, -0.2) is 62.8 Å². The molecule has 6 nitrogen and oxygen atoms in total. The van der Waals surface area contributed by atoms with Crippen molar-refractivity contribution in [2.24, 2.45) is 0 Å². The van der Waals surface area contributed by atoms with Crippen molar-refractivity contribution in [1.82, 2.24) is 0 Å². The molecular weight excluding hydrogens is 168 g/mol. The largest absolute Gasteiger partial charge is 0.394 e. The average Bonchev–Trinajstić information content (AvgIpc) is 2.31. The number of aliphatic hydroxyl groups is 5. The summed E-state index contributed by atoms with van der Waals surface area (Å²) in [5.41, 5.74) is 0. The van der Waals surface area contributed by atoms with E-state index in [0.717, 1.165) is 0 Å². The Hall–Kier alpha value is -0.240. The molecule has 4 atom stereocenters.